The van der Waals surface area contributed by atoms with E-state index in [1.54, 1.807) is 5.38 Å². The zero-order valence-corrected chi connectivity index (χ0v) is 13.8. The number of nitrogens with two attached hydrogens (primary N) is 1. The van der Waals surface area contributed by atoms with Crippen LogP contribution in [0.1, 0.15) is 21.1 Å². The Hall–Kier alpha value is -1.47. The average Bonchev–Trinajstić information content (AvgIpc) is 2.97. The number of carbonyl (C=O) groups excluding carboxylic acids is 1. The lowest BCUT2D eigenvalue weighted by molar-refractivity contribution is 0.0897. The van der Waals surface area contributed by atoms with Crippen molar-refractivity contribution in [2.75, 3.05) is 19.7 Å². The number of hydrogen-bond donors (Lipinski definition) is 2. The fourth-order valence-corrected chi connectivity index (χ4v) is 2.54. The summed E-state index contributed by atoms with van der Waals surface area (Å²) in [6.07, 6.45) is 0.706. The van der Waals surface area contributed by atoms with Gasteiger partial charge in [-0.2, -0.15) is 0 Å². The van der Waals surface area contributed by atoms with Crippen LogP contribution < -0.4 is 11.1 Å². The van der Waals surface area contributed by atoms with Crippen LogP contribution in [0, 0.1) is 0 Å². The smallest absolute Gasteiger partial charge is 0.270 e. The first kappa shape index (κ1) is 18.6. The van der Waals surface area contributed by atoms with Gasteiger partial charge in [0, 0.05) is 18.3 Å². The number of carbonyl (C=O) groups is 1. The van der Waals surface area contributed by atoms with E-state index in [2.05, 4.69) is 10.3 Å². The van der Waals surface area contributed by atoms with Crippen LogP contribution in [0.2, 0.25) is 0 Å². The quantitative estimate of drug-likeness (QED) is 0.720. The summed E-state index contributed by atoms with van der Waals surface area (Å²) in [5, 5.41) is 5.44. The lowest BCUT2D eigenvalue weighted by Crippen LogP contribution is -2.27. The molecular formula is C15H20ClN3O2S. The second kappa shape index (κ2) is 10.3. The molecule has 1 aromatic carbocycles. The first-order valence-electron chi connectivity index (χ1n) is 6.84. The summed E-state index contributed by atoms with van der Waals surface area (Å²) in [5.41, 5.74) is 7.03. The fourth-order valence-electron chi connectivity index (χ4n) is 1.75. The molecule has 7 heteroatoms. The van der Waals surface area contributed by atoms with Crippen molar-refractivity contribution in [1.29, 1.82) is 0 Å². The molecule has 3 N–H and O–H groups in total. The van der Waals surface area contributed by atoms with Crippen molar-refractivity contribution in [2.24, 2.45) is 5.73 Å². The number of halogens is 1. The van der Waals surface area contributed by atoms with Crippen LogP contribution in [0.15, 0.2) is 35.7 Å². The minimum Gasteiger partial charge on any atom is -0.375 e. The Kier molecular flexibility index (Phi) is 8.69. The second-order valence-corrected chi connectivity index (χ2v) is 5.40. The maximum atomic E-state index is 11.8. The molecule has 2 rings (SSSR count). The molecule has 22 heavy (non-hydrogen) atoms. The molecule has 2 aromatic rings. The van der Waals surface area contributed by atoms with Gasteiger partial charge in [0.25, 0.3) is 5.91 Å². The summed E-state index contributed by atoms with van der Waals surface area (Å²) in [4.78, 5) is 16.1. The lowest BCUT2D eigenvalue weighted by atomic mass is 10.2. The first-order chi connectivity index (χ1) is 10.3. The molecule has 0 radical (unpaired) electrons. The van der Waals surface area contributed by atoms with Crippen molar-refractivity contribution >= 4 is 29.7 Å². The Labute approximate surface area is 140 Å². The number of rotatable bonds is 8. The van der Waals surface area contributed by atoms with Gasteiger partial charge in [0.15, 0.2) is 0 Å². The molecule has 0 atom stereocenters. The van der Waals surface area contributed by atoms with Crippen LogP contribution in [0.3, 0.4) is 0 Å². The molecule has 0 bridgehead atoms. The van der Waals surface area contributed by atoms with Crippen LogP contribution in [0.5, 0.6) is 0 Å². The van der Waals surface area contributed by atoms with Gasteiger partial charge in [0.1, 0.15) is 5.69 Å². The molecule has 0 unspecified atom stereocenters. The van der Waals surface area contributed by atoms with Gasteiger partial charge in [0.05, 0.1) is 18.2 Å². The monoisotopic (exact) mass is 341 g/mol. The zero-order chi connectivity index (χ0) is 14.9. The maximum Gasteiger partial charge on any atom is 0.270 e. The SMILES string of the molecule is Cl.NCCc1nc(C(=O)NCCOCc2ccccc2)cs1. The summed E-state index contributed by atoms with van der Waals surface area (Å²) < 4.78 is 5.50. The fraction of sp³-hybridized carbons (Fsp3) is 0.333. The van der Waals surface area contributed by atoms with Crippen molar-refractivity contribution in [1.82, 2.24) is 10.3 Å². The lowest BCUT2D eigenvalue weighted by Gasteiger charge is -2.05. The number of ether oxygens (including phenoxy) is 1. The van der Waals surface area contributed by atoms with Gasteiger partial charge in [-0.05, 0) is 12.1 Å². The highest BCUT2D eigenvalue weighted by Gasteiger charge is 2.09. The number of nitrogens with one attached hydrogen (secondary N) is 1. The summed E-state index contributed by atoms with van der Waals surface area (Å²) in [7, 11) is 0. The van der Waals surface area contributed by atoms with Gasteiger partial charge in [-0.25, -0.2) is 4.98 Å². The van der Waals surface area contributed by atoms with Crippen molar-refractivity contribution < 1.29 is 9.53 Å². The summed E-state index contributed by atoms with van der Waals surface area (Å²) >= 11 is 1.46. The summed E-state index contributed by atoms with van der Waals surface area (Å²) in [6, 6.07) is 9.93. The van der Waals surface area contributed by atoms with Crippen molar-refractivity contribution in [3.05, 3.63) is 52.0 Å². The highest BCUT2D eigenvalue weighted by Crippen LogP contribution is 2.09. The standard InChI is InChI=1S/C15H19N3O2S.ClH/c16-7-6-14-18-13(11-21-14)15(19)17-8-9-20-10-12-4-2-1-3-5-12;/h1-5,11H,6-10,16H2,(H,17,19);1H. The van der Waals surface area contributed by atoms with E-state index in [1.165, 1.54) is 11.3 Å². The molecule has 0 saturated carbocycles. The van der Waals surface area contributed by atoms with E-state index in [-0.39, 0.29) is 18.3 Å². The number of benzene rings is 1. The van der Waals surface area contributed by atoms with Crippen molar-refractivity contribution in [3.63, 3.8) is 0 Å². The summed E-state index contributed by atoms with van der Waals surface area (Å²) in [6.45, 7) is 2.03. The molecule has 0 fully saturated rings. The van der Waals surface area contributed by atoms with Gasteiger partial charge < -0.3 is 15.8 Å². The molecule has 0 aliphatic rings. The van der Waals surface area contributed by atoms with Crippen molar-refractivity contribution in [3.8, 4) is 0 Å². The molecule has 120 valence electrons. The van der Waals surface area contributed by atoms with Gasteiger partial charge in [0.2, 0.25) is 0 Å². The van der Waals surface area contributed by atoms with E-state index in [0.29, 0.717) is 38.4 Å². The third kappa shape index (κ3) is 6.11. The van der Waals surface area contributed by atoms with E-state index >= 15 is 0 Å². The van der Waals surface area contributed by atoms with Gasteiger partial charge >= 0.3 is 0 Å². The normalized spacial score (nSPS) is 10.0. The van der Waals surface area contributed by atoms with Crippen molar-refractivity contribution in [2.45, 2.75) is 13.0 Å². The molecular weight excluding hydrogens is 322 g/mol. The van der Waals surface area contributed by atoms with Crippen LogP contribution in [-0.2, 0) is 17.8 Å². The van der Waals surface area contributed by atoms with Gasteiger partial charge in [-0.3, -0.25) is 4.79 Å². The minimum absolute atomic E-state index is 0. The molecule has 1 heterocycles. The topological polar surface area (TPSA) is 77.2 Å². The van der Waals surface area contributed by atoms with E-state index in [1.807, 2.05) is 30.3 Å². The minimum atomic E-state index is -0.169. The third-order valence-electron chi connectivity index (χ3n) is 2.79. The molecule has 1 aromatic heterocycles. The average molecular weight is 342 g/mol. The van der Waals surface area contributed by atoms with Gasteiger partial charge in [-0.1, -0.05) is 30.3 Å². The number of amides is 1. The Morgan fingerprint density at radius 2 is 2.09 bits per heavy atom. The Morgan fingerprint density at radius 3 is 2.82 bits per heavy atom. The molecule has 0 saturated heterocycles. The summed E-state index contributed by atoms with van der Waals surface area (Å²) in [5.74, 6) is -0.169. The van der Waals surface area contributed by atoms with E-state index in [4.69, 9.17) is 10.5 Å². The predicted molar refractivity (Wildman–Crippen MR) is 90.6 cm³/mol. The van der Waals surface area contributed by atoms with Crippen LogP contribution in [-0.4, -0.2) is 30.6 Å². The Bertz CT molecular complexity index is 563. The predicted octanol–water partition coefficient (Wildman–Crippen LogP) is 2.01. The Balaban J connectivity index is 0.00000242. The molecule has 5 nitrogen and oxygen atoms in total. The maximum absolute atomic E-state index is 11.8. The molecule has 0 aliphatic carbocycles. The highest BCUT2D eigenvalue weighted by molar-refractivity contribution is 7.09. The van der Waals surface area contributed by atoms with Crippen LogP contribution >= 0.6 is 23.7 Å². The van der Waals surface area contributed by atoms with Crippen LogP contribution in [0.4, 0.5) is 0 Å². The highest BCUT2D eigenvalue weighted by atomic mass is 35.5. The van der Waals surface area contributed by atoms with E-state index in [9.17, 15) is 4.79 Å². The molecule has 0 aliphatic heterocycles. The number of aromatic nitrogens is 1. The zero-order valence-electron chi connectivity index (χ0n) is 12.2. The van der Waals surface area contributed by atoms with Crippen LogP contribution in [0.25, 0.3) is 0 Å². The molecule has 1 amide bonds. The largest absolute Gasteiger partial charge is 0.375 e. The third-order valence-corrected chi connectivity index (χ3v) is 3.69. The van der Waals surface area contributed by atoms with E-state index in [0.717, 1.165) is 10.6 Å². The Morgan fingerprint density at radius 1 is 1.32 bits per heavy atom. The van der Waals surface area contributed by atoms with E-state index < -0.39 is 0 Å². The number of nitrogens with zero attached hydrogens (tertiary/aromatic N) is 1. The second-order valence-electron chi connectivity index (χ2n) is 4.46. The number of thiazole rings is 1. The van der Waals surface area contributed by atoms with Gasteiger partial charge in [-0.15, -0.1) is 23.7 Å². The first-order valence-corrected chi connectivity index (χ1v) is 7.72. The molecule has 0 spiro atoms. The number of hydrogen-bond acceptors (Lipinski definition) is 5.